The van der Waals surface area contributed by atoms with Gasteiger partial charge in [-0.1, -0.05) is 22.0 Å². The minimum atomic E-state index is -0.165. The second kappa shape index (κ2) is 6.37. The molecule has 0 aromatic heterocycles. The van der Waals surface area contributed by atoms with Crippen LogP contribution in [0.15, 0.2) is 27.7 Å². The van der Waals surface area contributed by atoms with Crippen molar-refractivity contribution in [1.29, 1.82) is 0 Å². The minimum absolute atomic E-state index is 0.165. The van der Waals surface area contributed by atoms with Crippen LogP contribution in [-0.2, 0) is 6.42 Å². The Labute approximate surface area is 121 Å². The number of hydrogen-bond donors (Lipinski definition) is 1. The molecule has 5 heteroatoms. The lowest BCUT2D eigenvalue weighted by atomic mass is 10.1. The van der Waals surface area contributed by atoms with Gasteiger partial charge in [0.05, 0.1) is 0 Å². The Hall–Kier alpha value is -1.10. The summed E-state index contributed by atoms with van der Waals surface area (Å²) in [6.45, 7) is 0.637. The number of nitrogens with zero attached hydrogens (tertiary/aromatic N) is 2. The van der Waals surface area contributed by atoms with Crippen molar-refractivity contribution < 1.29 is 4.39 Å². The predicted molar refractivity (Wildman–Crippen MR) is 79.7 cm³/mol. The topological polar surface area (TPSA) is 41.6 Å². The molecule has 0 unspecified atom stereocenters. The van der Waals surface area contributed by atoms with Gasteiger partial charge in [0, 0.05) is 24.1 Å². The Balaban J connectivity index is 1.78. The number of aliphatic imine (C=N–C) groups is 1. The third kappa shape index (κ3) is 4.20. The molecule has 1 aromatic carbocycles. The lowest BCUT2D eigenvalue weighted by molar-refractivity contribution is 0.487. The first-order chi connectivity index (χ1) is 9.08. The van der Waals surface area contributed by atoms with E-state index in [2.05, 4.69) is 20.9 Å². The van der Waals surface area contributed by atoms with Crippen LogP contribution in [0.3, 0.4) is 0 Å². The molecule has 19 heavy (non-hydrogen) atoms. The van der Waals surface area contributed by atoms with Crippen molar-refractivity contribution in [2.45, 2.75) is 31.7 Å². The van der Waals surface area contributed by atoms with Gasteiger partial charge in [-0.15, -0.1) is 0 Å². The van der Waals surface area contributed by atoms with Crippen LogP contribution >= 0.6 is 15.9 Å². The molecule has 0 radical (unpaired) electrons. The van der Waals surface area contributed by atoms with Gasteiger partial charge in [0.25, 0.3) is 0 Å². The van der Waals surface area contributed by atoms with Gasteiger partial charge in [-0.05, 0) is 43.4 Å². The van der Waals surface area contributed by atoms with Gasteiger partial charge < -0.3 is 10.6 Å². The summed E-state index contributed by atoms with van der Waals surface area (Å²) in [6, 6.07) is 5.74. The SMILES string of the molecule is CN(C(N)=NCCCc1ccc(Br)cc1F)C1CC1. The van der Waals surface area contributed by atoms with Gasteiger partial charge >= 0.3 is 0 Å². The van der Waals surface area contributed by atoms with Crippen molar-refractivity contribution in [3.05, 3.63) is 34.1 Å². The molecule has 0 amide bonds. The molecule has 1 aliphatic carbocycles. The third-order valence-corrected chi connectivity index (χ3v) is 3.84. The predicted octanol–water partition coefficient (Wildman–Crippen LogP) is 2.93. The fourth-order valence-electron chi connectivity index (χ4n) is 1.95. The van der Waals surface area contributed by atoms with Gasteiger partial charge in [0.1, 0.15) is 5.82 Å². The second-order valence-electron chi connectivity index (χ2n) is 4.92. The van der Waals surface area contributed by atoms with E-state index < -0.39 is 0 Å². The first-order valence-electron chi connectivity index (χ1n) is 6.54. The molecular formula is C14H19BrFN3. The van der Waals surface area contributed by atoms with E-state index in [1.165, 1.54) is 18.9 Å². The maximum Gasteiger partial charge on any atom is 0.191 e. The number of benzene rings is 1. The Bertz CT molecular complexity index is 472. The molecule has 1 fully saturated rings. The minimum Gasteiger partial charge on any atom is -0.370 e. The number of guanidine groups is 1. The lowest BCUT2D eigenvalue weighted by Gasteiger charge is -2.16. The Morgan fingerprint density at radius 3 is 2.89 bits per heavy atom. The third-order valence-electron chi connectivity index (χ3n) is 3.35. The summed E-state index contributed by atoms with van der Waals surface area (Å²) in [5.74, 6) is 0.431. The van der Waals surface area contributed by atoms with E-state index in [0.717, 1.165) is 16.5 Å². The number of halogens is 2. The van der Waals surface area contributed by atoms with Crippen molar-refractivity contribution in [2.75, 3.05) is 13.6 Å². The quantitative estimate of drug-likeness (QED) is 0.513. The molecule has 104 valence electrons. The molecule has 0 atom stereocenters. The van der Waals surface area contributed by atoms with Crippen molar-refractivity contribution in [1.82, 2.24) is 4.90 Å². The highest BCUT2D eigenvalue weighted by molar-refractivity contribution is 9.10. The highest BCUT2D eigenvalue weighted by atomic mass is 79.9. The van der Waals surface area contributed by atoms with Crippen molar-refractivity contribution in [3.63, 3.8) is 0 Å². The molecule has 0 spiro atoms. The summed E-state index contributed by atoms with van der Waals surface area (Å²) in [7, 11) is 1.98. The number of hydrogen-bond acceptors (Lipinski definition) is 1. The van der Waals surface area contributed by atoms with E-state index in [1.54, 1.807) is 0 Å². The molecule has 2 N–H and O–H groups in total. The van der Waals surface area contributed by atoms with Gasteiger partial charge in [-0.3, -0.25) is 4.99 Å². The summed E-state index contributed by atoms with van der Waals surface area (Å²) >= 11 is 3.25. The molecule has 0 bridgehead atoms. The van der Waals surface area contributed by atoms with E-state index in [4.69, 9.17) is 5.73 Å². The van der Waals surface area contributed by atoms with Crippen LogP contribution in [0.25, 0.3) is 0 Å². The van der Waals surface area contributed by atoms with Crippen LogP contribution in [0.1, 0.15) is 24.8 Å². The molecule has 1 aliphatic rings. The zero-order chi connectivity index (χ0) is 13.8. The summed E-state index contributed by atoms with van der Waals surface area (Å²) < 4.78 is 14.3. The van der Waals surface area contributed by atoms with Crippen molar-refractivity contribution >= 4 is 21.9 Å². The van der Waals surface area contributed by atoms with Crippen LogP contribution in [0.2, 0.25) is 0 Å². The van der Waals surface area contributed by atoms with E-state index in [0.29, 0.717) is 25.0 Å². The molecule has 1 aromatic rings. The molecule has 3 nitrogen and oxygen atoms in total. The molecule has 0 heterocycles. The number of aryl methyl sites for hydroxylation is 1. The van der Waals surface area contributed by atoms with Crippen LogP contribution in [-0.4, -0.2) is 30.5 Å². The summed E-state index contributed by atoms with van der Waals surface area (Å²) in [5, 5.41) is 0. The lowest BCUT2D eigenvalue weighted by Crippen LogP contribution is -2.35. The summed E-state index contributed by atoms with van der Waals surface area (Å²) in [5.41, 5.74) is 6.61. The maximum absolute atomic E-state index is 13.6. The fraction of sp³-hybridized carbons (Fsp3) is 0.500. The maximum atomic E-state index is 13.6. The first kappa shape index (κ1) is 14.3. The molecular weight excluding hydrogens is 309 g/mol. The van der Waals surface area contributed by atoms with Crippen molar-refractivity contribution in [2.24, 2.45) is 10.7 Å². The molecule has 0 saturated heterocycles. The summed E-state index contributed by atoms with van der Waals surface area (Å²) in [6.07, 6.45) is 3.90. The molecule has 1 saturated carbocycles. The monoisotopic (exact) mass is 327 g/mol. The molecule has 0 aliphatic heterocycles. The van der Waals surface area contributed by atoms with E-state index in [-0.39, 0.29) is 5.82 Å². The fourth-order valence-corrected chi connectivity index (χ4v) is 2.28. The van der Waals surface area contributed by atoms with Crippen LogP contribution < -0.4 is 5.73 Å². The van der Waals surface area contributed by atoms with E-state index >= 15 is 0 Å². The Morgan fingerprint density at radius 2 is 2.26 bits per heavy atom. The van der Waals surface area contributed by atoms with Gasteiger partial charge in [-0.25, -0.2) is 4.39 Å². The number of nitrogens with two attached hydrogens (primary N) is 1. The highest BCUT2D eigenvalue weighted by Gasteiger charge is 2.27. The van der Waals surface area contributed by atoms with E-state index in [1.807, 2.05) is 24.1 Å². The standard InChI is InChI=1S/C14H19BrFN3/c1-19(12-6-7-12)14(17)18-8-2-3-10-4-5-11(15)9-13(10)16/h4-5,9,12H,2-3,6-8H2,1H3,(H2,17,18). The summed E-state index contributed by atoms with van der Waals surface area (Å²) in [4.78, 5) is 6.36. The smallest absolute Gasteiger partial charge is 0.191 e. The first-order valence-corrected chi connectivity index (χ1v) is 7.34. The zero-order valence-corrected chi connectivity index (χ0v) is 12.7. The Morgan fingerprint density at radius 1 is 1.53 bits per heavy atom. The Kier molecular flexibility index (Phi) is 4.80. The average molecular weight is 328 g/mol. The normalized spacial score (nSPS) is 15.6. The van der Waals surface area contributed by atoms with Crippen LogP contribution in [0.5, 0.6) is 0 Å². The molecule has 2 rings (SSSR count). The highest BCUT2D eigenvalue weighted by Crippen LogP contribution is 2.24. The number of rotatable bonds is 5. The van der Waals surface area contributed by atoms with E-state index in [9.17, 15) is 4.39 Å². The second-order valence-corrected chi connectivity index (χ2v) is 5.84. The van der Waals surface area contributed by atoms with Crippen LogP contribution in [0, 0.1) is 5.82 Å². The van der Waals surface area contributed by atoms with Crippen LogP contribution in [0.4, 0.5) is 4.39 Å². The van der Waals surface area contributed by atoms with Gasteiger partial charge in [0.2, 0.25) is 0 Å². The zero-order valence-electron chi connectivity index (χ0n) is 11.1. The van der Waals surface area contributed by atoms with Gasteiger partial charge in [0.15, 0.2) is 5.96 Å². The largest absolute Gasteiger partial charge is 0.370 e. The average Bonchev–Trinajstić information content (AvgIpc) is 3.19. The van der Waals surface area contributed by atoms with Crippen molar-refractivity contribution in [3.8, 4) is 0 Å². The van der Waals surface area contributed by atoms with Gasteiger partial charge in [-0.2, -0.15) is 0 Å².